The van der Waals surface area contributed by atoms with Crippen LogP contribution in [-0.2, 0) is 7.05 Å². The summed E-state index contributed by atoms with van der Waals surface area (Å²) < 4.78 is 1.91. The third-order valence-electron chi connectivity index (χ3n) is 3.34. The van der Waals surface area contributed by atoms with Crippen LogP contribution in [0.2, 0.25) is 0 Å². The summed E-state index contributed by atoms with van der Waals surface area (Å²) in [7, 11) is 1.96. The van der Waals surface area contributed by atoms with E-state index in [0.717, 1.165) is 17.4 Å². The van der Waals surface area contributed by atoms with Crippen LogP contribution in [0.1, 0.15) is 44.2 Å². The van der Waals surface area contributed by atoms with E-state index >= 15 is 0 Å². The van der Waals surface area contributed by atoms with Crippen LogP contribution in [0.5, 0.6) is 0 Å². The van der Waals surface area contributed by atoms with Gasteiger partial charge < -0.3 is 10.3 Å². The molecule has 0 spiro atoms. The van der Waals surface area contributed by atoms with Gasteiger partial charge in [-0.15, -0.1) is 0 Å². The largest absolute Gasteiger partial charge is 0.384 e. The second kappa shape index (κ2) is 3.64. The maximum Gasteiger partial charge on any atom is 0.126 e. The fourth-order valence-corrected chi connectivity index (χ4v) is 2.45. The summed E-state index contributed by atoms with van der Waals surface area (Å²) in [6, 6.07) is 0. The van der Waals surface area contributed by atoms with E-state index in [1.807, 2.05) is 17.9 Å². The van der Waals surface area contributed by atoms with Crippen LogP contribution < -0.4 is 5.73 Å². The Morgan fingerprint density at radius 2 is 2.29 bits per heavy atom. The smallest absolute Gasteiger partial charge is 0.126 e. The van der Waals surface area contributed by atoms with Gasteiger partial charge in [0, 0.05) is 13.0 Å². The van der Waals surface area contributed by atoms with Gasteiger partial charge in [-0.2, -0.15) is 0 Å². The predicted molar refractivity (Wildman–Crippen MR) is 58.0 cm³/mol. The van der Waals surface area contributed by atoms with E-state index in [1.54, 1.807) is 0 Å². The van der Waals surface area contributed by atoms with Gasteiger partial charge in [0.05, 0.1) is 12.0 Å². The third-order valence-corrected chi connectivity index (χ3v) is 3.34. The first-order chi connectivity index (χ1) is 6.68. The third kappa shape index (κ3) is 1.63. The highest BCUT2D eigenvalue weighted by atomic mass is 15.1. The number of imidazole rings is 1. The Morgan fingerprint density at radius 1 is 1.50 bits per heavy atom. The molecule has 0 radical (unpaired) electrons. The molecule has 1 aromatic rings. The van der Waals surface area contributed by atoms with Crippen molar-refractivity contribution in [2.75, 3.05) is 5.73 Å². The van der Waals surface area contributed by atoms with Gasteiger partial charge in [-0.05, 0) is 18.8 Å². The lowest BCUT2D eigenvalue weighted by Gasteiger charge is -2.25. The number of nitrogens with zero attached hydrogens (tertiary/aromatic N) is 2. The Labute approximate surface area is 85.3 Å². The Hall–Kier alpha value is -0.990. The first-order valence-corrected chi connectivity index (χ1v) is 5.45. The number of nitrogens with two attached hydrogens (primary N) is 1. The normalized spacial score (nSPS) is 27.9. The van der Waals surface area contributed by atoms with Crippen molar-refractivity contribution in [2.24, 2.45) is 13.0 Å². The minimum absolute atomic E-state index is 0.597. The van der Waals surface area contributed by atoms with E-state index in [9.17, 15) is 0 Å². The number of hydrogen-bond donors (Lipinski definition) is 1. The SMILES string of the molecule is CC1CCCC(c2ncn(C)c2N)C1. The minimum Gasteiger partial charge on any atom is -0.384 e. The van der Waals surface area contributed by atoms with Crippen molar-refractivity contribution in [1.82, 2.24) is 9.55 Å². The van der Waals surface area contributed by atoms with Crippen LogP contribution in [0.15, 0.2) is 6.33 Å². The molecule has 1 fully saturated rings. The van der Waals surface area contributed by atoms with Crippen LogP contribution >= 0.6 is 0 Å². The van der Waals surface area contributed by atoms with Gasteiger partial charge in [-0.3, -0.25) is 0 Å². The molecule has 0 aliphatic heterocycles. The highest BCUT2D eigenvalue weighted by Gasteiger charge is 2.24. The lowest BCUT2D eigenvalue weighted by Crippen LogP contribution is -2.13. The Morgan fingerprint density at radius 3 is 2.86 bits per heavy atom. The molecule has 2 atom stereocenters. The standard InChI is InChI=1S/C11H19N3/c1-8-4-3-5-9(6-8)10-11(12)14(2)7-13-10/h7-9H,3-6,12H2,1-2H3. The molecular weight excluding hydrogens is 174 g/mol. The summed E-state index contributed by atoms with van der Waals surface area (Å²) in [6.45, 7) is 2.32. The van der Waals surface area contributed by atoms with Gasteiger partial charge in [0.2, 0.25) is 0 Å². The van der Waals surface area contributed by atoms with Crippen LogP contribution in [0.4, 0.5) is 5.82 Å². The van der Waals surface area contributed by atoms with Gasteiger partial charge in [-0.25, -0.2) is 4.98 Å². The zero-order valence-corrected chi connectivity index (χ0v) is 9.03. The van der Waals surface area contributed by atoms with E-state index in [4.69, 9.17) is 5.73 Å². The van der Waals surface area contributed by atoms with E-state index in [1.165, 1.54) is 25.7 Å². The first kappa shape index (κ1) is 9.56. The molecule has 3 heteroatoms. The summed E-state index contributed by atoms with van der Waals surface area (Å²) in [5.74, 6) is 2.28. The quantitative estimate of drug-likeness (QED) is 0.743. The maximum absolute atomic E-state index is 5.98. The summed E-state index contributed by atoms with van der Waals surface area (Å²) in [4.78, 5) is 4.41. The number of hydrogen-bond acceptors (Lipinski definition) is 2. The summed E-state index contributed by atoms with van der Waals surface area (Å²) in [5.41, 5.74) is 7.10. The Bertz CT molecular complexity index is 316. The van der Waals surface area contributed by atoms with E-state index < -0.39 is 0 Å². The number of aromatic nitrogens is 2. The van der Waals surface area contributed by atoms with Gasteiger partial charge >= 0.3 is 0 Å². The summed E-state index contributed by atoms with van der Waals surface area (Å²) in [6.07, 6.45) is 7.02. The maximum atomic E-state index is 5.98. The molecule has 1 aromatic heterocycles. The number of rotatable bonds is 1. The second-order valence-electron chi connectivity index (χ2n) is 4.59. The molecule has 0 aromatic carbocycles. The van der Waals surface area contributed by atoms with Crippen molar-refractivity contribution >= 4 is 5.82 Å². The Balaban J connectivity index is 2.18. The van der Waals surface area contributed by atoms with Gasteiger partial charge in [0.15, 0.2) is 0 Å². The average molecular weight is 193 g/mol. The predicted octanol–water partition coefficient (Wildman–Crippen LogP) is 2.30. The van der Waals surface area contributed by atoms with Crippen molar-refractivity contribution < 1.29 is 0 Å². The van der Waals surface area contributed by atoms with Crippen LogP contribution in [0, 0.1) is 5.92 Å². The van der Waals surface area contributed by atoms with Gasteiger partial charge in [0.1, 0.15) is 5.82 Å². The zero-order chi connectivity index (χ0) is 10.1. The second-order valence-corrected chi connectivity index (χ2v) is 4.59. The first-order valence-electron chi connectivity index (χ1n) is 5.45. The molecule has 1 aliphatic rings. The molecule has 2 N–H and O–H groups in total. The lowest BCUT2D eigenvalue weighted by atomic mass is 9.81. The van der Waals surface area contributed by atoms with E-state index in [-0.39, 0.29) is 0 Å². The van der Waals surface area contributed by atoms with Crippen LogP contribution in [0.3, 0.4) is 0 Å². The fourth-order valence-electron chi connectivity index (χ4n) is 2.45. The lowest BCUT2D eigenvalue weighted by molar-refractivity contribution is 0.341. The van der Waals surface area contributed by atoms with Crippen molar-refractivity contribution in [2.45, 2.75) is 38.5 Å². The van der Waals surface area contributed by atoms with Crippen LogP contribution in [-0.4, -0.2) is 9.55 Å². The van der Waals surface area contributed by atoms with E-state index in [2.05, 4.69) is 11.9 Å². The minimum atomic E-state index is 0.597. The molecule has 0 bridgehead atoms. The highest BCUT2D eigenvalue weighted by Crippen LogP contribution is 2.37. The molecule has 0 saturated heterocycles. The van der Waals surface area contributed by atoms with Crippen molar-refractivity contribution in [3.63, 3.8) is 0 Å². The summed E-state index contributed by atoms with van der Waals surface area (Å²) in [5, 5.41) is 0. The number of nitrogen functional groups attached to an aromatic ring is 1. The molecule has 3 nitrogen and oxygen atoms in total. The van der Waals surface area contributed by atoms with Crippen molar-refractivity contribution in [1.29, 1.82) is 0 Å². The molecule has 0 amide bonds. The molecule has 78 valence electrons. The molecule has 1 aliphatic carbocycles. The number of anilines is 1. The molecular formula is C11H19N3. The van der Waals surface area contributed by atoms with E-state index in [0.29, 0.717) is 5.92 Å². The summed E-state index contributed by atoms with van der Waals surface area (Å²) >= 11 is 0. The monoisotopic (exact) mass is 193 g/mol. The zero-order valence-electron chi connectivity index (χ0n) is 9.03. The van der Waals surface area contributed by atoms with Crippen molar-refractivity contribution in [3.05, 3.63) is 12.0 Å². The highest BCUT2D eigenvalue weighted by molar-refractivity contribution is 5.38. The molecule has 1 saturated carbocycles. The molecule has 14 heavy (non-hydrogen) atoms. The van der Waals surface area contributed by atoms with Gasteiger partial charge in [0.25, 0.3) is 0 Å². The fraction of sp³-hybridized carbons (Fsp3) is 0.727. The molecule has 2 rings (SSSR count). The molecule has 1 heterocycles. The molecule has 2 unspecified atom stereocenters. The van der Waals surface area contributed by atoms with Crippen LogP contribution in [0.25, 0.3) is 0 Å². The average Bonchev–Trinajstić information content (AvgIpc) is 2.48. The van der Waals surface area contributed by atoms with Crippen molar-refractivity contribution in [3.8, 4) is 0 Å². The Kier molecular flexibility index (Phi) is 2.48. The van der Waals surface area contributed by atoms with Gasteiger partial charge in [-0.1, -0.05) is 19.8 Å². The number of aryl methyl sites for hydroxylation is 1. The topological polar surface area (TPSA) is 43.8 Å².